The lowest BCUT2D eigenvalue weighted by Crippen LogP contribution is -2.37. The zero-order valence-electron chi connectivity index (χ0n) is 15.2. The minimum Gasteiger partial charge on any atom is -0.416 e. The second-order valence-electron chi connectivity index (χ2n) is 6.08. The molecule has 1 aromatic carbocycles. The van der Waals surface area contributed by atoms with E-state index in [-0.39, 0.29) is 24.6 Å². The Morgan fingerprint density at radius 3 is 2.93 bits per heavy atom. The Hall–Kier alpha value is -2.59. The average molecular weight is 402 g/mol. The molecule has 2 unspecified atom stereocenters. The first-order chi connectivity index (χ1) is 13.2. The van der Waals surface area contributed by atoms with Crippen LogP contribution in [0.15, 0.2) is 36.9 Å². The summed E-state index contributed by atoms with van der Waals surface area (Å²) in [7, 11) is 0. The lowest BCUT2D eigenvalue weighted by molar-refractivity contribution is -0.274. The first-order valence-corrected chi connectivity index (χ1v) is 8.52. The predicted octanol–water partition coefficient (Wildman–Crippen LogP) is 2.58. The molecule has 0 bridgehead atoms. The van der Waals surface area contributed by atoms with Crippen molar-refractivity contribution in [1.82, 2.24) is 5.32 Å². The summed E-state index contributed by atoms with van der Waals surface area (Å²) in [5, 5.41) is 3.06. The molecule has 10 heteroatoms. The Morgan fingerprint density at radius 2 is 2.25 bits per heavy atom. The number of benzene rings is 1. The zero-order valence-corrected chi connectivity index (χ0v) is 15.2. The van der Waals surface area contributed by atoms with Crippen molar-refractivity contribution in [1.29, 1.82) is 0 Å². The highest BCUT2D eigenvalue weighted by Crippen LogP contribution is 2.30. The van der Waals surface area contributed by atoms with Crippen LogP contribution in [0.2, 0.25) is 0 Å². The summed E-state index contributed by atoms with van der Waals surface area (Å²) < 4.78 is 51.3. The Labute approximate surface area is 160 Å². The van der Waals surface area contributed by atoms with E-state index in [1.54, 1.807) is 6.08 Å². The molecule has 1 saturated heterocycles. The molecule has 1 fully saturated rings. The van der Waals surface area contributed by atoms with E-state index >= 15 is 0 Å². The van der Waals surface area contributed by atoms with Crippen molar-refractivity contribution in [2.45, 2.75) is 26.1 Å². The van der Waals surface area contributed by atoms with E-state index in [0.29, 0.717) is 13.1 Å². The van der Waals surface area contributed by atoms with E-state index in [1.165, 1.54) is 12.1 Å². The highest BCUT2D eigenvalue weighted by atomic mass is 19.4. The minimum atomic E-state index is -4.87. The highest BCUT2D eigenvalue weighted by molar-refractivity contribution is 5.96. The number of nitrogens with one attached hydrogen (secondary N) is 1. The third-order valence-corrected chi connectivity index (χ3v) is 3.77. The van der Waals surface area contributed by atoms with E-state index in [4.69, 9.17) is 9.47 Å². The molecular weight excluding hydrogens is 381 g/mol. The Balaban J connectivity index is 1.96. The lowest BCUT2D eigenvalue weighted by atomic mass is 10.2. The van der Waals surface area contributed by atoms with Crippen molar-refractivity contribution in [3.63, 3.8) is 0 Å². The number of nitrogens with zero attached hydrogens (tertiary/aromatic N) is 1. The van der Waals surface area contributed by atoms with Crippen molar-refractivity contribution < 1.29 is 37.0 Å². The maximum atomic E-state index is 12.4. The van der Waals surface area contributed by atoms with Crippen LogP contribution in [0.25, 0.3) is 0 Å². The van der Waals surface area contributed by atoms with Crippen LogP contribution in [0.1, 0.15) is 13.3 Å². The number of carbonyl (C=O) groups is 2. The fourth-order valence-electron chi connectivity index (χ4n) is 2.36. The maximum Gasteiger partial charge on any atom is 0.573 e. The van der Waals surface area contributed by atoms with Crippen LogP contribution in [0, 0.1) is 5.92 Å². The topological polar surface area (TPSA) is 77.1 Å². The Bertz CT molecular complexity index is 711. The number of hydrogen-bond acceptors (Lipinski definition) is 6. The van der Waals surface area contributed by atoms with Gasteiger partial charge in [0, 0.05) is 19.2 Å². The summed E-state index contributed by atoms with van der Waals surface area (Å²) in [6.07, 6.45) is -4.42. The van der Waals surface area contributed by atoms with Gasteiger partial charge in [-0.05, 0) is 18.1 Å². The molecule has 154 valence electrons. The van der Waals surface area contributed by atoms with Gasteiger partial charge >= 0.3 is 12.3 Å². The second-order valence-corrected chi connectivity index (χ2v) is 6.08. The lowest BCUT2D eigenvalue weighted by Gasteiger charge is -2.23. The molecule has 28 heavy (non-hydrogen) atoms. The van der Waals surface area contributed by atoms with E-state index in [0.717, 1.165) is 17.0 Å². The van der Waals surface area contributed by atoms with Gasteiger partial charge in [0.25, 0.3) is 12.3 Å². The summed E-state index contributed by atoms with van der Waals surface area (Å²) in [5.41, 5.74) is 0.0555. The quantitative estimate of drug-likeness (QED) is 0.389. The van der Waals surface area contributed by atoms with Gasteiger partial charge in [-0.25, -0.2) is 4.90 Å². The molecule has 1 aliphatic heterocycles. The van der Waals surface area contributed by atoms with Crippen LogP contribution < -0.4 is 15.0 Å². The number of alkyl halides is 3. The fourth-order valence-corrected chi connectivity index (χ4v) is 2.36. The smallest absolute Gasteiger partial charge is 0.416 e. The van der Waals surface area contributed by atoms with Gasteiger partial charge in [0.15, 0.2) is 0 Å². The third kappa shape index (κ3) is 6.54. The van der Waals surface area contributed by atoms with E-state index in [9.17, 15) is 22.8 Å². The number of amides is 1. The molecule has 0 spiro atoms. The van der Waals surface area contributed by atoms with E-state index in [1.807, 2.05) is 6.92 Å². The first-order valence-electron chi connectivity index (χ1n) is 8.52. The molecule has 1 aromatic rings. The maximum absolute atomic E-state index is 12.4. The summed E-state index contributed by atoms with van der Waals surface area (Å²) >= 11 is 0. The van der Waals surface area contributed by atoms with Crippen LogP contribution in [0.3, 0.4) is 0 Å². The molecule has 1 amide bonds. The van der Waals surface area contributed by atoms with Gasteiger partial charge in [-0.15, -0.1) is 19.8 Å². The molecule has 0 saturated carbocycles. The number of halogens is 3. The van der Waals surface area contributed by atoms with Crippen LogP contribution in [0.5, 0.6) is 5.75 Å². The summed E-state index contributed by atoms with van der Waals surface area (Å²) in [4.78, 5) is 25.0. The Morgan fingerprint density at radius 1 is 1.50 bits per heavy atom. The van der Waals surface area contributed by atoms with Crippen LogP contribution >= 0.6 is 0 Å². The van der Waals surface area contributed by atoms with Crippen molar-refractivity contribution in [3.8, 4) is 5.75 Å². The van der Waals surface area contributed by atoms with Crippen molar-refractivity contribution >= 4 is 17.6 Å². The number of anilines is 1. The molecule has 2 rings (SSSR count). The molecule has 0 radical (unpaired) electrons. The standard InChI is InChI=1S/C18H21F3N2O5/c1-3-12(2)10-22-8-7-16(25)27-17-23(15(24)11-26-17)13-5-4-6-14(9-13)28-18(19,20)21/h3-6,9,12,17,22H,1,7-8,10-11H2,2H3. The number of carbonyl (C=O) groups excluding carboxylic acids is 2. The van der Waals surface area contributed by atoms with Gasteiger partial charge in [-0.3, -0.25) is 9.59 Å². The molecule has 2 atom stereocenters. The largest absolute Gasteiger partial charge is 0.573 e. The highest BCUT2D eigenvalue weighted by Gasteiger charge is 2.37. The monoisotopic (exact) mass is 402 g/mol. The summed E-state index contributed by atoms with van der Waals surface area (Å²) in [6, 6.07) is 4.77. The molecule has 1 aliphatic rings. The van der Waals surface area contributed by atoms with Crippen LogP contribution in [0.4, 0.5) is 18.9 Å². The van der Waals surface area contributed by atoms with Gasteiger partial charge in [-0.2, -0.15) is 0 Å². The van der Waals surface area contributed by atoms with Crippen molar-refractivity contribution in [2.24, 2.45) is 5.92 Å². The van der Waals surface area contributed by atoms with Crippen molar-refractivity contribution in [3.05, 3.63) is 36.9 Å². The molecule has 7 nitrogen and oxygen atoms in total. The van der Waals surface area contributed by atoms with Crippen LogP contribution in [-0.4, -0.2) is 44.3 Å². The van der Waals surface area contributed by atoms with E-state index < -0.39 is 30.4 Å². The number of hydrogen-bond donors (Lipinski definition) is 1. The molecule has 0 aromatic heterocycles. The first kappa shape index (κ1) is 21.7. The zero-order chi connectivity index (χ0) is 20.7. The normalized spacial score (nSPS) is 18.1. The van der Waals surface area contributed by atoms with E-state index in [2.05, 4.69) is 16.6 Å². The summed E-state index contributed by atoms with van der Waals surface area (Å²) in [5.74, 6) is -1.44. The van der Waals surface area contributed by atoms with Crippen molar-refractivity contribution in [2.75, 3.05) is 24.6 Å². The minimum absolute atomic E-state index is 0.0307. The summed E-state index contributed by atoms with van der Waals surface area (Å²) in [6.45, 7) is 6.26. The fraction of sp³-hybridized carbons (Fsp3) is 0.444. The number of ether oxygens (including phenoxy) is 3. The SMILES string of the molecule is C=CC(C)CNCCC(=O)OC1OCC(=O)N1c1cccc(OC(F)(F)F)c1. The number of esters is 1. The molecule has 0 aliphatic carbocycles. The number of rotatable bonds is 9. The van der Waals surface area contributed by atoms with Gasteiger partial charge in [0.2, 0.25) is 0 Å². The third-order valence-electron chi connectivity index (χ3n) is 3.77. The van der Waals surface area contributed by atoms with Crippen LogP contribution in [-0.2, 0) is 19.1 Å². The van der Waals surface area contributed by atoms with Gasteiger partial charge in [0.1, 0.15) is 12.4 Å². The Kier molecular flexibility index (Phi) is 7.41. The second kappa shape index (κ2) is 9.56. The molecule has 1 heterocycles. The van der Waals surface area contributed by atoms with Gasteiger partial charge < -0.3 is 19.5 Å². The average Bonchev–Trinajstić information content (AvgIpc) is 2.97. The van der Waals surface area contributed by atoms with Gasteiger partial charge in [-0.1, -0.05) is 19.1 Å². The molecular formula is C18H21F3N2O5. The predicted molar refractivity (Wildman–Crippen MR) is 93.3 cm³/mol. The molecule has 1 N–H and O–H groups in total. The van der Waals surface area contributed by atoms with Gasteiger partial charge in [0.05, 0.1) is 12.1 Å².